The van der Waals surface area contributed by atoms with E-state index in [1.165, 1.54) is 0 Å². The average molecular weight is 206 g/mol. The summed E-state index contributed by atoms with van der Waals surface area (Å²) in [6.07, 6.45) is 0. The molecule has 1 aromatic rings. The van der Waals surface area contributed by atoms with Crippen LogP contribution < -0.4 is 11.1 Å². The lowest BCUT2D eigenvalue weighted by atomic mass is 10.0. The summed E-state index contributed by atoms with van der Waals surface area (Å²) in [4.78, 5) is 11.7. The zero-order valence-corrected chi connectivity index (χ0v) is 9.45. The van der Waals surface area contributed by atoms with Crippen molar-refractivity contribution in [3.63, 3.8) is 0 Å². The highest BCUT2D eigenvalue weighted by atomic mass is 16.2. The summed E-state index contributed by atoms with van der Waals surface area (Å²) in [5.41, 5.74) is 7.62. The molecule has 0 fully saturated rings. The molecule has 1 atom stereocenters. The van der Waals surface area contributed by atoms with Crippen LogP contribution in [0.1, 0.15) is 19.4 Å². The standard InChI is InChI=1S/C12H18N2O/c1-8(2)11(13)12(15)14-10-7-5-4-6-9(10)3/h4-8,11H,13H2,1-3H3,(H,14,15)/t11-/m0/s1. The van der Waals surface area contributed by atoms with Gasteiger partial charge in [-0.15, -0.1) is 0 Å². The number of aryl methyl sites for hydroxylation is 1. The highest BCUT2D eigenvalue weighted by Gasteiger charge is 2.17. The third kappa shape index (κ3) is 3.06. The van der Waals surface area contributed by atoms with Gasteiger partial charge in [-0.2, -0.15) is 0 Å². The highest BCUT2D eigenvalue weighted by Crippen LogP contribution is 2.13. The molecule has 0 aromatic heterocycles. The molecule has 0 saturated heterocycles. The second kappa shape index (κ2) is 4.94. The molecule has 0 radical (unpaired) electrons. The van der Waals surface area contributed by atoms with E-state index in [0.29, 0.717) is 0 Å². The van der Waals surface area contributed by atoms with Crippen molar-refractivity contribution in [2.24, 2.45) is 11.7 Å². The number of hydrogen-bond donors (Lipinski definition) is 2. The first-order valence-electron chi connectivity index (χ1n) is 5.14. The van der Waals surface area contributed by atoms with Crippen LogP contribution >= 0.6 is 0 Å². The third-order valence-corrected chi connectivity index (χ3v) is 2.42. The predicted octanol–water partition coefficient (Wildman–Crippen LogP) is 1.92. The fraction of sp³-hybridized carbons (Fsp3) is 0.417. The lowest BCUT2D eigenvalue weighted by Gasteiger charge is -2.16. The molecule has 3 heteroatoms. The Kier molecular flexibility index (Phi) is 3.86. The Hall–Kier alpha value is -1.35. The molecular weight excluding hydrogens is 188 g/mol. The fourth-order valence-electron chi connectivity index (χ4n) is 1.23. The van der Waals surface area contributed by atoms with E-state index in [4.69, 9.17) is 5.73 Å². The first kappa shape index (κ1) is 11.7. The zero-order chi connectivity index (χ0) is 11.4. The maximum Gasteiger partial charge on any atom is 0.241 e. The third-order valence-electron chi connectivity index (χ3n) is 2.42. The Balaban J connectivity index is 2.71. The first-order valence-corrected chi connectivity index (χ1v) is 5.14. The minimum absolute atomic E-state index is 0.126. The molecule has 82 valence electrons. The molecule has 0 aliphatic heterocycles. The van der Waals surface area contributed by atoms with E-state index < -0.39 is 6.04 Å². The SMILES string of the molecule is Cc1ccccc1NC(=O)[C@@H](N)C(C)C. The summed E-state index contributed by atoms with van der Waals surface area (Å²) in [6, 6.07) is 7.21. The van der Waals surface area contributed by atoms with Crippen LogP contribution in [-0.4, -0.2) is 11.9 Å². The Bertz CT molecular complexity index is 347. The maximum atomic E-state index is 11.7. The quantitative estimate of drug-likeness (QED) is 0.793. The van der Waals surface area contributed by atoms with Gasteiger partial charge in [-0.1, -0.05) is 32.0 Å². The molecular formula is C12H18N2O. The average Bonchev–Trinajstić information content (AvgIpc) is 2.20. The van der Waals surface area contributed by atoms with Gasteiger partial charge in [0.05, 0.1) is 6.04 Å². The van der Waals surface area contributed by atoms with E-state index >= 15 is 0 Å². The molecule has 3 nitrogen and oxygen atoms in total. The normalized spacial score (nSPS) is 12.6. The first-order chi connectivity index (χ1) is 7.02. The van der Waals surface area contributed by atoms with Gasteiger partial charge >= 0.3 is 0 Å². The van der Waals surface area contributed by atoms with Gasteiger partial charge in [-0.05, 0) is 24.5 Å². The summed E-state index contributed by atoms with van der Waals surface area (Å²) in [7, 11) is 0. The van der Waals surface area contributed by atoms with Crippen LogP contribution in [0.2, 0.25) is 0 Å². The Morgan fingerprint density at radius 1 is 1.33 bits per heavy atom. The van der Waals surface area contributed by atoms with Crippen molar-refractivity contribution in [2.45, 2.75) is 26.8 Å². The fourth-order valence-corrected chi connectivity index (χ4v) is 1.23. The van der Waals surface area contributed by atoms with Crippen LogP contribution in [0.15, 0.2) is 24.3 Å². The molecule has 1 rings (SSSR count). The Morgan fingerprint density at radius 3 is 2.47 bits per heavy atom. The largest absolute Gasteiger partial charge is 0.324 e. The minimum atomic E-state index is -0.454. The van der Waals surface area contributed by atoms with Crippen molar-refractivity contribution < 1.29 is 4.79 Å². The van der Waals surface area contributed by atoms with Gasteiger partial charge in [-0.25, -0.2) is 0 Å². The van der Waals surface area contributed by atoms with Crippen LogP contribution in [0.3, 0.4) is 0 Å². The van der Waals surface area contributed by atoms with Gasteiger partial charge < -0.3 is 11.1 Å². The van der Waals surface area contributed by atoms with Crippen molar-refractivity contribution in [1.82, 2.24) is 0 Å². The van der Waals surface area contributed by atoms with E-state index in [2.05, 4.69) is 5.32 Å². The van der Waals surface area contributed by atoms with Crippen LogP contribution in [0.4, 0.5) is 5.69 Å². The molecule has 3 N–H and O–H groups in total. The van der Waals surface area contributed by atoms with Crippen LogP contribution in [0, 0.1) is 12.8 Å². The van der Waals surface area contributed by atoms with E-state index in [0.717, 1.165) is 11.3 Å². The van der Waals surface area contributed by atoms with Crippen molar-refractivity contribution in [2.75, 3.05) is 5.32 Å². The lowest BCUT2D eigenvalue weighted by Crippen LogP contribution is -2.39. The number of amides is 1. The summed E-state index contributed by atoms with van der Waals surface area (Å²) in [5.74, 6) is 0.0216. The number of rotatable bonds is 3. The number of nitrogens with two attached hydrogens (primary N) is 1. The summed E-state index contributed by atoms with van der Waals surface area (Å²) >= 11 is 0. The van der Waals surface area contributed by atoms with Gasteiger partial charge in [0.15, 0.2) is 0 Å². The topological polar surface area (TPSA) is 55.1 Å². The molecule has 0 bridgehead atoms. The predicted molar refractivity (Wildman–Crippen MR) is 62.6 cm³/mol. The molecule has 0 aliphatic rings. The van der Waals surface area contributed by atoms with Gasteiger partial charge in [-0.3, -0.25) is 4.79 Å². The molecule has 0 unspecified atom stereocenters. The van der Waals surface area contributed by atoms with Gasteiger partial charge in [0.1, 0.15) is 0 Å². The number of para-hydroxylation sites is 1. The Labute approximate surface area is 90.7 Å². The lowest BCUT2D eigenvalue weighted by molar-refractivity contribution is -0.118. The summed E-state index contributed by atoms with van der Waals surface area (Å²) in [6.45, 7) is 5.82. The molecule has 1 aromatic carbocycles. The van der Waals surface area contributed by atoms with E-state index in [-0.39, 0.29) is 11.8 Å². The molecule has 0 spiro atoms. The van der Waals surface area contributed by atoms with Gasteiger partial charge in [0.25, 0.3) is 0 Å². The van der Waals surface area contributed by atoms with Crippen molar-refractivity contribution in [3.05, 3.63) is 29.8 Å². The smallest absolute Gasteiger partial charge is 0.241 e. The van der Waals surface area contributed by atoms with Crippen LogP contribution in [0.5, 0.6) is 0 Å². The maximum absolute atomic E-state index is 11.7. The number of carbonyl (C=O) groups excluding carboxylic acids is 1. The molecule has 0 heterocycles. The van der Waals surface area contributed by atoms with Crippen molar-refractivity contribution in [3.8, 4) is 0 Å². The number of carbonyl (C=O) groups is 1. The van der Waals surface area contributed by atoms with E-state index in [1.807, 2.05) is 45.0 Å². The number of anilines is 1. The molecule has 0 saturated carbocycles. The number of hydrogen-bond acceptors (Lipinski definition) is 2. The molecule has 1 amide bonds. The monoisotopic (exact) mass is 206 g/mol. The highest BCUT2D eigenvalue weighted by molar-refractivity contribution is 5.95. The summed E-state index contributed by atoms with van der Waals surface area (Å²) in [5, 5.41) is 2.83. The van der Waals surface area contributed by atoms with Crippen LogP contribution in [0.25, 0.3) is 0 Å². The molecule has 15 heavy (non-hydrogen) atoms. The number of nitrogens with one attached hydrogen (secondary N) is 1. The summed E-state index contributed by atoms with van der Waals surface area (Å²) < 4.78 is 0. The van der Waals surface area contributed by atoms with Crippen molar-refractivity contribution >= 4 is 11.6 Å². The minimum Gasteiger partial charge on any atom is -0.324 e. The van der Waals surface area contributed by atoms with E-state index in [1.54, 1.807) is 0 Å². The second-order valence-corrected chi connectivity index (χ2v) is 4.07. The number of benzene rings is 1. The van der Waals surface area contributed by atoms with Crippen molar-refractivity contribution in [1.29, 1.82) is 0 Å². The van der Waals surface area contributed by atoms with Gasteiger partial charge in [0.2, 0.25) is 5.91 Å². The zero-order valence-electron chi connectivity index (χ0n) is 9.45. The Morgan fingerprint density at radius 2 is 1.93 bits per heavy atom. The van der Waals surface area contributed by atoms with E-state index in [9.17, 15) is 4.79 Å². The van der Waals surface area contributed by atoms with Crippen LogP contribution in [-0.2, 0) is 4.79 Å². The molecule has 0 aliphatic carbocycles. The van der Waals surface area contributed by atoms with Gasteiger partial charge in [0, 0.05) is 5.69 Å². The second-order valence-electron chi connectivity index (χ2n) is 4.07.